The Morgan fingerprint density at radius 3 is 2.48 bits per heavy atom. The van der Waals surface area contributed by atoms with Crippen LogP contribution in [0, 0.1) is 6.92 Å². The van der Waals surface area contributed by atoms with Gasteiger partial charge < -0.3 is 14.8 Å². The number of para-hydroxylation sites is 2. The maximum atomic E-state index is 5.89. The monoisotopic (exact) mass is 285 g/mol. The van der Waals surface area contributed by atoms with E-state index in [1.54, 1.807) is 0 Å². The molecule has 0 fully saturated rings. The van der Waals surface area contributed by atoms with Gasteiger partial charge in [-0.05, 0) is 45.0 Å². The Morgan fingerprint density at radius 1 is 1.05 bits per heavy atom. The number of benzene rings is 2. The highest BCUT2D eigenvalue weighted by molar-refractivity contribution is 5.56. The second-order valence-electron chi connectivity index (χ2n) is 5.05. The van der Waals surface area contributed by atoms with E-state index < -0.39 is 0 Å². The molecule has 0 saturated heterocycles. The Morgan fingerprint density at radius 2 is 1.76 bits per heavy atom. The van der Waals surface area contributed by atoms with Crippen LogP contribution >= 0.6 is 0 Å². The van der Waals surface area contributed by atoms with Gasteiger partial charge in [-0.3, -0.25) is 0 Å². The molecular weight excluding hydrogens is 262 g/mol. The van der Waals surface area contributed by atoms with Crippen LogP contribution in [0.2, 0.25) is 0 Å². The summed E-state index contributed by atoms with van der Waals surface area (Å²) in [6.07, 6.45) is 0.0717. The quantitative estimate of drug-likeness (QED) is 0.824. The molecule has 0 saturated carbocycles. The van der Waals surface area contributed by atoms with Gasteiger partial charge in [0.2, 0.25) is 0 Å². The molecule has 0 bridgehead atoms. The van der Waals surface area contributed by atoms with Crippen molar-refractivity contribution in [2.45, 2.75) is 26.9 Å². The van der Waals surface area contributed by atoms with Gasteiger partial charge >= 0.3 is 0 Å². The summed E-state index contributed by atoms with van der Waals surface area (Å²) >= 11 is 0. The summed E-state index contributed by atoms with van der Waals surface area (Å²) in [5, 5.41) is 3.38. The number of hydrogen-bond donors (Lipinski definition) is 1. The van der Waals surface area contributed by atoms with E-state index in [0.29, 0.717) is 6.61 Å². The molecule has 2 aromatic carbocycles. The fourth-order valence-electron chi connectivity index (χ4n) is 2.04. The molecule has 112 valence electrons. The summed E-state index contributed by atoms with van der Waals surface area (Å²) < 4.78 is 11.5. The van der Waals surface area contributed by atoms with E-state index in [9.17, 15) is 0 Å². The average molecular weight is 285 g/mol. The van der Waals surface area contributed by atoms with Gasteiger partial charge in [0, 0.05) is 0 Å². The molecule has 2 aromatic rings. The SMILES string of the molecule is CCOc1ccccc1NCC(C)Oc1ccc(C)cc1. The van der Waals surface area contributed by atoms with E-state index in [4.69, 9.17) is 9.47 Å². The minimum absolute atomic E-state index is 0.0717. The van der Waals surface area contributed by atoms with Crippen molar-refractivity contribution in [2.75, 3.05) is 18.5 Å². The zero-order valence-corrected chi connectivity index (χ0v) is 12.9. The lowest BCUT2D eigenvalue weighted by Gasteiger charge is -2.18. The Hall–Kier alpha value is -2.16. The Bertz CT molecular complexity index is 551. The van der Waals surface area contributed by atoms with E-state index in [-0.39, 0.29) is 6.10 Å². The number of anilines is 1. The van der Waals surface area contributed by atoms with Crippen LogP contribution in [0.25, 0.3) is 0 Å². The summed E-state index contributed by atoms with van der Waals surface area (Å²) in [6.45, 7) is 7.49. The number of aryl methyl sites for hydroxylation is 1. The summed E-state index contributed by atoms with van der Waals surface area (Å²) in [5.74, 6) is 1.77. The van der Waals surface area contributed by atoms with Crippen LogP contribution in [0.5, 0.6) is 11.5 Å². The average Bonchev–Trinajstić information content (AvgIpc) is 2.49. The highest BCUT2D eigenvalue weighted by atomic mass is 16.5. The summed E-state index contributed by atoms with van der Waals surface area (Å²) in [4.78, 5) is 0. The summed E-state index contributed by atoms with van der Waals surface area (Å²) in [5.41, 5.74) is 2.23. The van der Waals surface area contributed by atoms with Crippen molar-refractivity contribution in [3.05, 3.63) is 54.1 Å². The number of hydrogen-bond acceptors (Lipinski definition) is 3. The van der Waals surface area contributed by atoms with E-state index in [1.807, 2.05) is 43.3 Å². The third-order valence-corrected chi connectivity index (χ3v) is 3.13. The van der Waals surface area contributed by atoms with Crippen LogP contribution < -0.4 is 14.8 Å². The zero-order valence-electron chi connectivity index (χ0n) is 12.9. The van der Waals surface area contributed by atoms with Crippen LogP contribution in [0.1, 0.15) is 19.4 Å². The van der Waals surface area contributed by atoms with Crippen molar-refractivity contribution in [3.63, 3.8) is 0 Å². The largest absolute Gasteiger partial charge is 0.492 e. The molecule has 21 heavy (non-hydrogen) atoms. The number of ether oxygens (including phenoxy) is 2. The minimum Gasteiger partial charge on any atom is -0.492 e. The highest BCUT2D eigenvalue weighted by Crippen LogP contribution is 2.23. The second-order valence-corrected chi connectivity index (χ2v) is 5.05. The first-order valence-corrected chi connectivity index (χ1v) is 7.38. The van der Waals surface area contributed by atoms with Gasteiger partial charge in [0.15, 0.2) is 0 Å². The van der Waals surface area contributed by atoms with E-state index in [2.05, 4.69) is 31.3 Å². The van der Waals surface area contributed by atoms with Gasteiger partial charge in [-0.15, -0.1) is 0 Å². The molecule has 0 heterocycles. The van der Waals surface area contributed by atoms with E-state index in [1.165, 1.54) is 5.56 Å². The van der Waals surface area contributed by atoms with Gasteiger partial charge in [0.05, 0.1) is 18.8 Å². The predicted molar refractivity (Wildman–Crippen MR) is 87.4 cm³/mol. The first-order valence-electron chi connectivity index (χ1n) is 7.38. The van der Waals surface area contributed by atoms with Crippen molar-refractivity contribution in [1.82, 2.24) is 0 Å². The molecular formula is C18H23NO2. The van der Waals surface area contributed by atoms with Crippen molar-refractivity contribution in [1.29, 1.82) is 0 Å². The van der Waals surface area contributed by atoms with Crippen LogP contribution in [0.4, 0.5) is 5.69 Å². The smallest absolute Gasteiger partial charge is 0.142 e. The van der Waals surface area contributed by atoms with Gasteiger partial charge in [0.25, 0.3) is 0 Å². The minimum atomic E-state index is 0.0717. The van der Waals surface area contributed by atoms with Crippen molar-refractivity contribution in [2.24, 2.45) is 0 Å². The van der Waals surface area contributed by atoms with Gasteiger partial charge in [0.1, 0.15) is 17.6 Å². The van der Waals surface area contributed by atoms with Gasteiger partial charge in [-0.1, -0.05) is 29.8 Å². The molecule has 0 spiro atoms. The molecule has 3 heteroatoms. The van der Waals surface area contributed by atoms with Crippen LogP contribution in [0.3, 0.4) is 0 Å². The van der Waals surface area contributed by atoms with Crippen LogP contribution in [0.15, 0.2) is 48.5 Å². The normalized spacial score (nSPS) is 11.8. The van der Waals surface area contributed by atoms with Crippen molar-refractivity contribution < 1.29 is 9.47 Å². The summed E-state index contributed by atoms with van der Waals surface area (Å²) in [7, 11) is 0. The zero-order chi connectivity index (χ0) is 15.1. The van der Waals surface area contributed by atoms with Gasteiger partial charge in [-0.2, -0.15) is 0 Å². The second kappa shape index (κ2) is 7.58. The maximum absolute atomic E-state index is 5.89. The molecule has 0 amide bonds. The van der Waals surface area contributed by atoms with Crippen LogP contribution in [-0.2, 0) is 0 Å². The molecule has 0 aliphatic rings. The lowest BCUT2D eigenvalue weighted by molar-refractivity contribution is 0.234. The molecule has 0 aromatic heterocycles. The lowest BCUT2D eigenvalue weighted by atomic mass is 10.2. The first kappa shape index (κ1) is 15.2. The predicted octanol–water partition coefficient (Wildman–Crippen LogP) is 4.27. The van der Waals surface area contributed by atoms with E-state index in [0.717, 1.165) is 23.7 Å². The molecule has 1 N–H and O–H groups in total. The third-order valence-electron chi connectivity index (χ3n) is 3.13. The molecule has 0 radical (unpaired) electrons. The third kappa shape index (κ3) is 4.71. The molecule has 1 unspecified atom stereocenters. The summed E-state index contributed by atoms with van der Waals surface area (Å²) in [6, 6.07) is 16.1. The first-order chi connectivity index (χ1) is 10.2. The standard InChI is InChI=1S/C18H23NO2/c1-4-20-18-8-6-5-7-17(18)19-13-15(3)21-16-11-9-14(2)10-12-16/h5-12,15,19H,4,13H2,1-3H3. The molecule has 0 aliphatic carbocycles. The Labute approximate surface area is 126 Å². The fourth-order valence-corrected chi connectivity index (χ4v) is 2.04. The molecule has 3 nitrogen and oxygen atoms in total. The van der Waals surface area contributed by atoms with Crippen molar-refractivity contribution in [3.8, 4) is 11.5 Å². The van der Waals surface area contributed by atoms with Crippen molar-refractivity contribution >= 4 is 5.69 Å². The lowest BCUT2D eigenvalue weighted by Crippen LogP contribution is -2.22. The maximum Gasteiger partial charge on any atom is 0.142 e. The fraction of sp³-hybridized carbons (Fsp3) is 0.333. The molecule has 0 aliphatic heterocycles. The van der Waals surface area contributed by atoms with E-state index >= 15 is 0 Å². The number of nitrogens with one attached hydrogen (secondary N) is 1. The van der Waals surface area contributed by atoms with Crippen LogP contribution in [-0.4, -0.2) is 19.3 Å². The number of rotatable bonds is 7. The highest BCUT2D eigenvalue weighted by Gasteiger charge is 2.06. The molecule has 1 atom stereocenters. The Balaban J connectivity index is 1.89. The molecule has 2 rings (SSSR count). The van der Waals surface area contributed by atoms with Gasteiger partial charge in [-0.25, -0.2) is 0 Å². The Kier molecular flexibility index (Phi) is 5.50. The topological polar surface area (TPSA) is 30.5 Å².